The summed E-state index contributed by atoms with van der Waals surface area (Å²) in [6.45, 7) is 0. The number of aliphatic hydroxyl groups excluding tert-OH is 1. The molecule has 2 unspecified atom stereocenters. The van der Waals surface area contributed by atoms with Crippen LogP contribution < -0.4 is 10.1 Å². The SMILES string of the molecule is COc1ccc(C(O)C(NC(=O)C2CCCCC2)C(=O)O)cc1. The van der Waals surface area contributed by atoms with Gasteiger partial charge in [0.05, 0.1) is 7.11 Å². The van der Waals surface area contributed by atoms with E-state index >= 15 is 0 Å². The maximum atomic E-state index is 12.2. The van der Waals surface area contributed by atoms with Crippen LogP contribution in [0.4, 0.5) is 0 Å². The first-order valence-corrected chi connectivity index (χ1v) is 7.88. The van der Waals surface area contributed by atoms with Crippen molar-refractivity contribution < 1.29 is 24.5 Å². The summed E-state index contributed by atoms with van der Waals surface area (Å²) in [6.07, 6.45) is 3.31. The Morgan fingerprint density at radius 1 is 1.17 bits per heavy atom. The number of aliphatic hydroxyl groups is 1. The van der Waals surface area contributed by atoms with E-state index < -0.39 is 18.1 Å². The van der Waals surface area contributed by atoms with Crippen molar-refractivity contribution in [2.75, 3.05) is 7.11 Å². The summed E-state index contributed by atoms with van der Waals surface area (Å²) >= 11 is 0. The molecule has 3 N–H and O–H groups in total. The predicted molar refractivity (Wildman–Crippen MR) is 84.1 cm³/mol. The van der Waals surface area contributed by atoms with Gasteiger partial charge >= 0.3 is 5.97 Å². The van der Waals surface area contributed by atoms with E-state index in [9.17, 15) is 19.8 Å². The lowest BCUT2D eigenvalue weighted by atomic mass is 9.88. The third kappa shape index (κ3) is 4.45. The van der Waals surface area contributed by atoms with Gasteiger partial charge in [-0.2, -0.15) is 0 Å². The molecule has 1 aliphatic carbocycles. The summed E-state index contributed by atoms with van der Waals surface area (Å²) in [5.74, 6) is -1.09. The van der Waals surface area contributed by atoms with E-state index in [4.69, 9.17) is 4.74 Å². The number of carboxylic acid groups (broad SMARTS) is 1. The fraction of sp³-hybridized carbons (Fsp3) is 0.529. The van der Waals surface area contributed by atoms with Crippen molar-refractivity contribution in [1.82, 2.24) is 5.32 Å². The van der Waals surface area contributed by atoms with Crippen LogP contribution in [0.25, 0.3) is 0 Å². The van der Waals surface area contributed by atoms with Crippen LogP contribution in [0.1, 0.15) is 43.8 Å². The van der Waals surface area contributed by atoms with Crippen molar-refractivity contribution in [2.45, 2.75) is 44.2 Å². The van der Waals surface area contributed by atoms with Gasteiger partial charge in [-0.15, -0.1) is 0 Å². The van der Waals surface area contributed by atoms with Gasteiger partial charge in [-0.05, 0) is 30.5 Å². The highest BCUT2D eigenvalue weighted by atomic mass is 16.5. The van der Waals surface area contributed by atoms with E-state index in [2.05, 4.69) is 5.32 Å². The fourth-order valence-corrected chi connectivity index (χ4v) is 2.91. The van der Waals surface area contributed by atoms with Crippen molar-refractivity contribution >= 4 is 11.9 Å². The molecule has 23 heavy (non-hydrogen) atoms. The molecular formula is C17H23NO5. The van der Waals surface area contributed by atoms with E-state index in [-0.39, 0.29) is 11.8 Å². The number of hydrogen-bond acceptors (Lipinski definition) is 4. The molecule has 6 heteroatoms. The lowest BCUT2D eigenvalue weighted by Crippen LogP contribution is -2.47. The first-order valence-electron chi connectivity index (χ1n) is 7.88. The van der Waals surface area contributed by atoms with Crippen molar-refractivity contribution in [3.63, 3.8) is 0 Å². The number of carbonyl (C=O) groups is 2. The number of methoxy groups -OCH3 is 1. The van der Waals surface area contributed by atoms with Gasteiger partial charge in [0.25, 0.3) is 0 Å². The van der Waals surface area contributed by atoms with Gasteiger partial charge in [-0.25, -0.2) is 4.79 Å². The van der Waals surface area contributed by atoms with Crippen LogP contribution in [-0.2, 0) is 9.59 Å². The van der Waals surface area contributed by atoms with Crippen LogP contribution in [0.2, 0.25) is 0 Å². The molecule has 1 saturated carbocycles. The Labute approximate surface area is 135 Å². The number of hydrogen-bond donors (Lipinski definition) is 3. The molecule has 1 aromatic carbocycles. The van der Waals surface area contributed by atoms with Gasteiger partial charge in [-0.1, -0.05) is 31.4 Å². The largest absolute Gasteiger partial charge is 0.497 e. The lowest BCUT2D eigenvalue weighted by molar-refractivity contribution is -0.146. The molecule has 2 atom stereocenters. The zero-order valence-electron chi connectivity index (χ0n) is 13.2. The molecule has 0 saturated heterocycles. The molecule has 126 valence electrons. The van der Waals surface area contributed by atoms with Crippen LogP contribution in [-0.4, -0.2) is 35.2 Å². The van der Waals surface area contributed by atoms with Crippen molar-refractivity contribution in [3.8, 4) is 5.75 Å². The zero-order valence-corrected chi connectivity index (χ0v) is 13.2. The Bertz CT molecular complexity index is 536. The molecule has 0 aromatic heterocycles. The number of carboxylic acids is 1. The Morgan fingerprint density at radius 3 is 2.30 bits per heavy atom. The number of rotatable bonds is 6. The first kappa shape index (κ1) is 17.3. The molecule has 1 aliphatic rings. The summed E-state index contributed by atoms with van der Waals surface area (Å²) in [6, 6.07) is 5.09. The van der Waals surface area contributed by atoms with Crippen molar-refractivity contribution in [2.24, 2.45) is 5.92 Å². The molecule has 1 aromatic rings. The molecule has 1 amide bonds. The topological polar surface area (TPSA) is 95.9 Å². The van der Waals surface area contributed by atoms with E-state index in [1.165, 1.54) is 7.11 Å². The normalized spacial score (nSPS) is 18.0. The zero-order chi connectivity index (χ0) is 16.8. The molecule has 1 fully saturated rings. The van der Waals surface area contributed by atoms with E-state index in [0.29, 0.717) is 11.3 Å². The third-order valence-corrected chi connectivity index (χ3v) is 4.31. The smallest absolute Gasteiger partial charge is 0.329 e. The predicted octanol–water partition coefficient (Wildman–Crippen LogP) is 1.88. The Kier molecular flexibility index (Phi) is 5.98. The molecular weight excluding hydrogens is 298 g/mol. The Hall–Kier alpha value is -2.08. The highest BCUT2D eigenvalue weighted by Gasteiger charge is 2.32. The standard InChI is InChI=1S/C17H23NO5/c1-23-13-9-7-11(8-10-13)15(19)14(17(21)22)18-16(20)12-5-3-2-4-6-12/h7-10,12,14-15,19H,2-6H2,1H3,(H,18,20)(H,21,22). The minimum Gasteiger partial charge on any atom is -0.497 e. The van der Waals surface area contributed by atoms with E-state index in [0.717, 1.165) is 32.1 Å². The second-order valence-electron chi connectivity index (χ2n) is 5.88. The van der Waals surface area contributed by atoms with Crippen molar-refractivity contribution in [1.29, 1.82) is 0 Å². The van der Waals surface area contributed by atoms with Crippen LogP contribution in [0, 0.1) is 5.92 Å². The first-order chi connectivity index (χ1) is 11.0. The summed E-state index contributed by atoms with van der Waals surface area (Å²) in [5.41, 5.74) is 0.419. The van der Waals surface area contributed by atoms with Crippen molar-refractivity contribution in [3.05, 3.63) is 29.8 Å². The maximum absolute atomic E-state index is 12.2. The molecule has 0 aliphatic heterocycles. The summed E-state index contributed by atoms with van der Waals surface area (Å²) in [7, 11) is 1.52. The van der Waals surface area contributed by atoms with E-state index in [1.54, 1.807) is 24.3 Å². The molecule has 0 radical (unpaired) electrons. The monoisotopic (exact) mass is 321 g/mol. The molecule has 0 heterocycles. The van der Waals surface area contributed by atoms with Gasteiger partial charge in [0.15, 0.2) is 6.04 Å². The average Bonchev–Trinajstić information content (AvgIpc) is 2.59. The third-order valence-electron chi connectivity index (χ3n) is 4.31. The van der Waals surface area contributed by atoms with E-state index in [1.807, 2.05) is 0 Å². The molecule has 0 spiro atoms. The van der Waals surface area contributed by atoms with Crippen LogP contribution in [0.3, 0.4) is 0 Å². The second kappa shape index (κ2) is 7.97. The Balaban J connectivity index is 2.06. The molecule has 2 rings (SSSR count). The number of ether oxygens (including phenoxy) is 1. The summed E-state index contributed by atoms with van der Waals surface area (Å²) in [4.78, 5) is 23.7. The number of amides is 1. The van der Waals surface area contributed by atoms with Gasteiger partial charge < -0.3 is 20.3 Å². The lowest BCUT2D eigenvalue weighted by Gasteiger charge is -2.25. The number of nitrogens with one attached hydrogen (secondary N) is 1. The molecule has 6 nitrogen and oxygen atoms in total. The van der Waals surface area contributed by atoms with Crippen LogP contribution >= 0.6 is 0 Å². The summed E-state index contributed by atoms with van der Waals surface area (Å²) < 4.78 is 5.03. The number of benzene rings is 1. The van der Waals surface area contributed by atoms with Gasteiger partial charge in [-0.3, -0.25) is 4.79 Å². The highest BCUT2D eigenvalue weighted by Crippen LogP contribution is 2.25. The van der Waals surface area contributed by atoms with Crippen LogP contribution in [0.5, 0.6) is 5.75 Å². The van der Waals surface area contributed by atoms with Gasteiger partial charge in [0.1, 0.15) is 11.9 Å². The minimum absolute atomic E-state index is 0.159. The fourth-order valence-electron chi connectivity index (χ4n) is 2.91. The van der Waals surface area contributed by atoms with Gasteiger partial charge in [0.2, 0.25) is 5.91 Å². The average molecular weight is 321 g/mol. The van der Waals surface area contributed by atoms with Crippen LogP contribution in [0.15, 0.2) is 24.3 Å². The summed E-state index contributed by atoms with van der Waals surface area (Å²) in [5, 5.41) is 22.2. The Morgan fingerprint density at radius 2 is 1.78 bits per heavy atom. The maximum Gasteiger partial charge on any atom is 0.329 e. The number of carbonyl (C=O) groups excluding carboxylic acids is 1. The highest BCUT2D eigenvalue weighted by molar-refractivity contribution is 5.85. The number of aliphatic carboxylic acids is 1. The molecule has 0 bridgehead atoms. The quantitative estimate of drug-likeness (QED) is 0.743. The second-order valence-corrected chi connectivity index (χ2v) is 5.88. The van der Waals surface area contributed by atoms with Gasteiger partial charge in [0, 0.05) is 5.92 Å². The minimum atomic E-state index is -1.36.